The molecule has 0 amide bonds. The molecule has 3 heterocycles. The Labute approximate surface area is 302 Å². The van der Waals surface area contributed by atoms with Crippen LogP contribution in [0.25, 0.3) is 44.3 Å². The molecule has 7 rings (SSSR count). The molecule has 3 aromatic heterocycles. The fourth-order valence-electron chi connectivity index (χ4n) is 5.77. The first-order chi connectivity index (χ1) is 23.5. The van der Waals surface area contributed by atoms with Gasteiger partial charge in [0.2, 0.25) is 0 Å². The average molecular weight is 844 g/mol. The summed E-state index contributed by atoms with van der Waals surface area (Å²) in [5, 5.41) is 0.685. The van der Waals surface area contributed by atoms with E-state index in [2.05, 4.69) is 36.8 Å². The molecule has 0 saturated heterocycles. The van der Waals surface area contributed by atoms with Crippen molar-refractivity contribution in [2.45, 2.75) is 29.8 Å². The summed E-state index contributed by atoms with van der Waals surface area (Å²) in [7, 11) is -8.38. The van der Waals surface area contributed by atoms with Crippen molar-refractivity contribution < 1.29 is 30.0 Å². The van der Waals surface area contributed by atoms with Crippen molar-refractivity contribution in [3.05, 3.63) is 135 Å². The molecule has 0 spiro atoms. The normalized spacial score (nSPS) is 12.6. The monoisotopic (exact) mass is 841 g/mol. The van der Waals surface area contributed by atoms with Crippen LogP contribution in [0.1, 0.15) is 16.7 Å². The molecular formula is C36H24Br2F3N3O4S2. The van der Waals surface area contributed by atoms with Crippen molar-refractivity contribution in [2.75, 3.05) is 0 Å². The molecule has 0 aliphatic rings. The van der Waals surface area contributed by atoms with Crippen LogP contribution >= 0.6 is 31.9 Å². The molecule has 254 valence electrons. The van der Waals surface area contributed by atoms with Gasteiger partial charge in [-0.25, -0.2) is 29.8 Å². The van der Waals surface area contributed by atoms with Gasteiger partial charge in [-0.15, -0.1) is 0 Å². The molecule has 0 fully saturated rings. The van der Waals surface area contributed by atoms with Crippen LogP contribution < -0.4 is 0 Å². The number of hydrogen-bond acceptors (Lipinski definition) is 5. The third-order valence-corrected chi connectivity index (χ3v) is 12.7. The van der Waals surface area contributed by atoms with Gasteiger partial charge in [-0.05, 0) is 74.5 Å². The standard InChI is InChI=1S/C36H24Br2F3N3O4S2/c1-21-3-9-26(10-4-21)49(45,46)43-19-30(28-13-7-24(37)17-34(28)43)32-15-23(36(39,40)41)16-33(42-32)31-20-44(35-18-25(38)8-14-29(31)35)50(47,48)27-11-5-22(2)6-12-27/h3-20H,1-2H3. The first-order valence-electron chi connectivity index (χ1n) is 14.9. The number of nitrogens with zero attached hydrogens (tertiary/aromatic N) is 3. The molecule has 0 bridgehead atoms. The number of aryl methyl sites for hydroxylation is 2. The Balaban J connectivity index is 1.49. The number of benzene rings is 4. The van der Waals surface area contributed by atoms with Gasteiger partial charge in [0, 0.05) is 43.2 Å². The number of halogens is 5. The van der Waals surface area contributed by atoms with Crippen molar-refractivity contribution in [1.29, 1.82) is 0 Å². The van der Waals surface area contributed by atoms with E-state index >= 15 is 0 Å². The molecule has 0 unspecified atom stereocenters. The van der Waals surface area contributed by atoms with E-state index in [1.165, 1.54) is 36.7 Å². The van der Waals surface area contributed by atoms with Crippen LogP contribution in [0.2, 0.25) is 0 Å². The largest absolute Gasteiger partial charge is 0.416 e. The minimum atomic E-state index is -4.82. The molecule has 50 heavy (non-hydrogen) atoms. The van der Waals surface area contributed by atoms with Gasteiger partial charge in [-0.2, -0.15) is 13.2 Å². The molecule has 0 atom stereocenters. The average Bonchev–Trinajstić information content (AvgIpc) is 3.64. The zero-order valence-electron chi connectivity index (χ0n) is 26.1. The zero-order chi connectivity index (χ0) is 35.7. The fraction of sp³-hybridized carbons (Fsp3) is 0.0833. The highest BCUT2D eigenvalue weighted by Crippen LogP contribution is 2.41. The van der Waals surface area contributed by atoms with Crippen LogP contribution in [-0.2, 0) is 26.2 Å². The molecule has 4 aromatic carbocycles. The summed E-state index contributed by atoms with van der Waals surface area (Å²) in [4.78, 5) is 4.65. The van der Waals surface area contributed by atoms with E-state index in [1.54, 1.807) is 60.7 Å². The first kappa shape index (κ1) is 34.2. The second-order valence-corrected chi connectivity index (χ2v) is 17.2. The summed E-state index contributed by atoms with van der Waals surface area (Å²) < 4.78 is 103. The number of pyridine rings is 1. The number of fused-ring (bicyclic) bond motifs is 2. The van der Waals surface area contributed by atoms with Gasteiger partial charge >= 0.3 is 6.18 Å². The van der Waals surface area contributed by atoms with Crippen LogP contribution in [0.5, 0.6) is 0 Å². The Morgan fingerprint density at radius 3 is 1.32 bits per heavy atom. The Morgan fingerprint density at radius 2 is 0.960 bits per heavy atom. The van der Waals surface area contributed by atoms with Gasteiger partial charge in [0.05, 0.1) is 37.8 Å². The minimum absolute atomic E-state index is 0.00188. The number of alkyl halides is 3. The SMILES string of the molecule is Cc1ccc(S(=O)(=O)n2cc(-c3cc(C(F)(F)F)cc(-c4cn(S(=O)(=O)c5ccc(C)cc5)c5cc(Br)ccc45)n3)c3ccc(Br)cc32)cc1. The summed E-state index contributed by atoms with van der Waals surface area (Å²) >= 11 is 6.77. The van der Waals surface area contributed by atoms with Crippen molar-refractivity contribution in [2.24, 2.45) is 0 Å². The molecule has 14 heteroatoms. The molecular weight excluding hydrogens is 819 g/mol. The van der Waals surface area contributed by atoms with E-state index in [0.717, 1.165) is 31.2 Å². The Morgan fingerprint density at radius 1 is 0.580 bits per heavy atom. The molecule has 7 nitrogen and oxygen atoms in total. The molecule has 0 radical (unpaired) electrons. The topological polar surface area (TPSA) is 91.0 Å². The summed E-state index contributed by atoms with van der Waals surface area (Å²) in [6, 6.07) is 23.9. The third-order valence-electron chi connectivity index (χ3n) is 8.33. The smallest absolute Gasteiger partial charge is 0.248 e. The van der Waals surface area contributed by atoms with Gasteiger partial charge in [0.1, 0.15) is 0 Å². The predicted octanol–water partition coefficient (Wildman–Crippen LogP) is 9.96. The lowest BCUT2D eigenvalue weighted by Crippen LogP contribution is -2.12. The lowest BCUT2D eigenvalue weighted by atomic mass is 10.0. The van der Waals surface area contributed by atoms with Crippen LogP contribution in [0.3, 0.4) is 0 Å². The van der Waals surface area contributed by atoms with Gasteiger partial charge in [-0.3, -0.25) is 0 Å². The van der Waals surface area contributed by atoms with E-state index < -0.39 is 31.8 Å². The fourth-order valence-corrected chi connectivity index (χ4v) is 9.19. The number of hydrogen-bond donors (Lipinski definition) is 0. The van der Waals surface area contributed by atoms with E-state index in [9.17, 15) is 30.0 Å². The quantitative estimate of drug-likeness (QED) is 0.166. The summed E-state index contributed by atoms with van der Waals surface area (Å²) in [6.45, 7) is 3.64. The summed E-state index contributed by atoms with van der Waals surface area (Å²) in [5.41, 5.74) is 1.07. The van der Waals surface area contributed by atoms with Gasteiger partial charge in [-0.1, -0.05) is 79.4 Å². The molecule has 0 aliphatic heterocycles. The maximum absolute atomic E-state index is 14.6. The maximum Gasteiger partial charge on any atom is 0.416 e. The van der Waals surface area contributed by atoms with Gasteiger partial charge in [0.15, 0.2) is 0 Å². The predicted molar refractivity (Wildman–Crippen MR) is 194 cm³/mol. The second kappa shape index (κ2) is 12.2. The van der Waals surface area contributed by atoms with E-state index in [1.807, 2.05) is 13.8 Å². The van der Waals surface area contributed by atoms with Crippen molar-refractivity contribution in [1.82, 2.24) is 12.9 Å². The molecule has 7 aromatic rings. The second-order valence-electron chi connectivity index (χ2n) is 11.8. The van der Waals surface area contributed by atoms with Crippen molar-refractivity contribution >= 4 is 73.7 Å². The molecule has 0 N–H and O–H groups in total. The van der Waals surface area contributed by atoms with Crippen molar-refractivity contribution in [3.63, 3.8) is 0 Å². The van der Waals surface area contributed by atoms with E-state index in [0.29, 0.717) is 19.7 Å². The molecule has 0 saturated carbocycles. The highest BCUT2D eigenvalue weighted by Gasteiger charge is 2.33. The van der Waals surface area contributed by atoms with Gasteiger partial charge in [0.25, 0.3) is 20.0 Å². The highest BCUT2D eigenvalue weighted by molar-refractivity contribution is 9.10. The third kappa shape index (κ3) is 5.97. The zero-order valence-corrected chi connectivity index (χ0v) is 30.9. The van der Waals surface area contributed by atoms with Crippen LogP contribution in [0.15, 0.2) is 128 Å². The lowest BCUT2D eigenvalue weighted by Gasteiger charge is -2.11. The summed E-state index contributed by atoms with van der Waals surface area (Å²) in [6.07, 6.45) is -2.29. The first-order valence-corrected chi connectivity index (χ1v) is 19.4. The Kier molecular flexibility index (Phi) is 8.36. The maximum atomic E-state index is 14.6. The van der Waals surface area contributed by atoms with E-state index in [-0.39, 0.29) is 43.3 Å². The lowest BCUT2D eigenvalue weighted by molar-refractivity contribution is -0.137. The highest BCUT2D eigenvalue weighted by atomic mass is 79.9. The minimum Gasteiger partial charge on any atom is -0.248 e. The van der Waals surface area contributed by atoms with Crippen molar-refractivity contribution in [3.8, 4) is 22.5 Å². The van der Waals surface area contributed by atoms with Crippen LogP contribution in [0.4, 0.5) is 13.2 Å². The number of aromatic nitrogens is 3. The Hall–Kier alpha value is -4.24. The van der Waals surface area contributed by atoms with E-state index in [4.69, 9.17) is 0 Å². The molecule has 0 aliphatic carbocycles. The van der Waals surface area contributed by atoms with Gasteiger partial charge < -0.3 is 0 Å². The van der Waals surface area contributed by atoms with Crippen LogP contribution in [-0.4, -0.2) is 29.8 Å². The Bertz CT molecular complexity index is 2530. The number of rotatable bonds is 6. The summed E-state index contributed by atoms with van der Waals surface area (Å²) in [5.74, 6) is 0. The van der Waals surface area contributed by atoms with Crippen LogP contribution in [0, 0.1) is 13.8 Å².